The summed E-state index contributed by atoms with van der Waals surface area (Å²) in [5, 5.41) is 2.05. The van der Waals surface area contributed by atoms with Gasteiger partial charge in [0.15, 0.2) is 11.5 Å². The number of alkyl halides is 3. The SMILES string of the molecule is O=C(CCc1ccc2c(c1)OCCO2)Nc1ccc(Cl)c(C(F)(F)F)c1. The number of benzene rings is 2. The monoisotopic (exact) mass is 385 g/mol. The Morgan fingerprint density at radius 2 is 1.81 bits per heavy atom. The van der Waals surface area contributed by atoms with Crippen molar-refractivity contribution >= 4 is 23.2 Å². The number of anilines is 1. The third-order valence-electron chi connectivity index (χ3n) is 3.80. The van der Waals surface area contributed by atoms with Gasteiger partial charge in [0.05, 0.1) is 10.6 Å². The lowest BCUT2D eigenvalue weighted by Crippen LogP contribution is -2.16. The highest BCUT2D eigenvalue weighted by atomic mass is 35.5. The molecule has 0 atom stereocenters. The van der Waals surface area contributed by atoms with Crippen molar-refractivity contribution in [2.24, 2.45) is 0 Å². The van der Waals surface area contributed by atoms with Gasteiger partial charge < -0.3 is 14.8 Å². The van der Waals surface area contributed by atoms with Crippen LogP contribution < -0.4 is 14.8 Å². The first-order valence-corrected chi connectivity index (χ1v) is 8.26. The molecule has 2 aromatic carbocycles. The minimum Gasteiger partial charge on any atom is -0.486 e. The van der Waals surface area contributed by atoms with Crippen LogP contribution in [0.4, 0.5) is 18.9 Å². The van der Waals surface area contributed by atoms with Gasteiger partial charge in [-0.1, -0.05) is 17.7 Å². The summed E-state index contributed by atoms with van der Waals surface area (Å²) in [6, 6.07) is 8.66. The van der Waals surface area contributed by atoms with E-state index in [0.29, 0.717) is 31.1 Å². The van der Waals surface area contributed by atoms with Gasteiger partial charge >= 0.3 is 6.18 Å². The van der Waals surface area contributed by atoms with Crippen molar-refractivity contribution in [1.29, 1.82) is 0 Å². The smallest absolute Gasteiger partial charge is 0.417 e. The molecule has 0 aromatic heterocycles. The Morgan fingerprint density at radius 3 is 2.54 bits per heavy atom. The van der Waals surface area contributed by atoms with E-state index in [9.17, 15) is 18.0 Å². The predicted octanol–water partition coefficient (Wildman–Crippen LogP) is 4.70. The van der Waals surface area contributed by atoms with Crippen LogP contribution in [0.2, 0.25) is 5.02 Å². The molecule has 0 fully saturated rings. The fourth-order valence-corrected chi connectivity index (χ4v) is 2.77. The maximum Gasteiger partial charge on any atom is 0.417 e. The highest BCUT2D eigenvalue weighted by molar-refractivity contribution is 6.31. The van der Waals surface area contributed by atoms with Crippen molar-refractivity contribution in [3.8, 4) is 11.5 Å². The number of rotatable bonds is 4. The van der Waals surface area contributed by atoms with Crippen molar-refractivity contribution in [3.63, 3.8) is 0 Å². The largest absolute Gasteiger partial charge is 0.486 e. The van der Waals surface area contributed by atoms with Gasteiger partial charge in [-0.2, -0.15) is 13.2 Å². The van der Waals surface area contributed by atoms with Crippen molar-refractivity contribution in [2.75, 3.05) is 18.5 Å². The molecule has 1 aliphatic heterocycles. The zero-order valence-electron chi connectivity index (χ0n) is 13.5. The molecule has 4 nitrogen and oxygen atoms in total. The van der Waals surface area contributed by atoms with Gasteiger partial charge in [0.2, 0.25) is 5.91 Å². The molecule has 26 heavy (non-hydrogen) atoms. The Hall–Kier alpha value is -2.41. The van der Waals surface area contributed by atoms with Crippen LogP contribution in [0.3, 0.4) is 0 Å². The van der Waals surface area contributed by atoms with E-state index < -0.39 is 22.7 Å². The van der Waals surface area contributed by atoms with E-state index in [0.717, 1.165) is 17.7 Å². The van der Waals surface area contributed by atoms with Gasteiger partial charge in [-0.25, -0.2) is 0 Å². The number of carbonyl (C=O) groups is 1. The van der Waals surface area contributed by atoms with E-state index in [1.165, 1.54) is 6.07 Å². The van der Waals surface area contributed by atoms with Gasteiger partial charge in [0.1, 0.15) is 13.2 Å². The van der Waals surface area contributed by atoms with E-state index >= 15 is 0 Å². The quantitative estimate of drug-likeness (QED) is 0.829. The van der Waals surface area contributed by atoms with Crippen LogP contribution in [-0.4, -0.2) is 19.1 Å². The number of hydrogen-bond acceptors (Lipinski definition) is 3. The first kappa shape index (κ1) is 18.4. The molecule has 0 saturated carbocycles. The molecule has 0 radical (unpaired) electrons. The first-order chi connectivity index (χ1) is 12.3. The van der Waals surface area contributed by atoms with E-state index in [-0.39, 0.29) is 12.1 Å². The summed E-state index contributed by atoms with van der Waals surface area (Å²) in [5.41, 5.74) is -0.0609. The van der Waals surface area contributed by atoms with Crippen molar-refractivity contribution in [2.45, 2.75) is 19.0 Å². The summed E-state index contributed by atoms with van der Waals surface area (Å²) in [6.07, 6.45) is -4.05. The third-order valence-corrected chi connectivity index (χ3v) is 4.13. The lowest BCUT2D eigenvalue weighted by molar-refractivity contribution is -0.137. The highest BCUT2D eigenvalue weighted by Gasteiger charge is 2.33. The molecule has 0 unspecified atom stereocenters. The number of halogens is 4. The number of ether oxygens (including phenoxy) is 2. The lowest BCUT2D eigenvalue weighted by Gasteiger charge is -2.18. The number of fused-ring (bicyclic) bond motifs is 1. The molecule has 2 aromatic rings. The molecule has 1 heterocycles. The summed E-state index contributed by atoms with van der Waals surface area (Å²) in [5.74, 6) is 0.891. The second-order valence-electron chi connectivity index (χ2n) is 5.72. The molecule has 0 spiro atoms. The molecular weight excluding hydrogens is 371 g/mol. The predicted molar refractivity (Wildman–Crippen MR) is 90.8 cm³/mol. The minimum atomic E-state index is -4.58. The van der Waals surface area contributed by atoms with Crippen molar-refractivity contribution in [3.05, 3.63) is 52.5 Å². The molecule has 0 saturated heterocycles. The molecule has 1 aliphatic rings. The van der Waals surface area contributed by atoms with Crippen LogP contribution in [0, 0.1) is 0 Å². The maximum atomic E-state index is 12.9. The second-order valence-corrected chi connectivity index (χ2v) is 6.13. The summed E-state index contributed by atoms with van der Waals surface area (Å²) >= 11 is 5.56. The number of aryl methyl sites for hydroxylation is 1. The summed E-state index contributed by atoms with van der Waals surface area (Å²) in [4.78, 5) is 12.0. The number of nitrogens with one attached hydrogen (secondary N) is 1. The number of amides is 1. The zero-order chi connectivity index (χ0) is 18.7. The Morgan fingerprint density at radius 1 is 1.08 bits per heavy atom. The second kappa shape index (κ2) is 7.45. The summed E-state index contributed by atoms with van der Waals surface area (Å²) < 4.78 is 49.5. The van der Waals surface area contributed by atoms with Gasteiger partial charge in [-0.05, 0) is 42.3 Å². The van der Waals surface area contributed by atoms with Crippen LogP contribution in [0.1, 0.15) is 17.5 Å². The van der Waals surface area contributed by atoms with Crippen molar-refractivity contribution in [1.82, 2.24) is 0 Å². The van der Waals surface area contributed by atoms with Crippen LogP contribution in [0.25, 0.3) is 0 Å². The van der Waals surface area contributed by atoms with Crippen LogP contribution in [0.15, 0.2) is 36.4 Å². The Kier molecular flexibility index (Phi) is 5.27. The Balaban J connectivity index is 1.61. The fraction of sp³-hybridized carbons (Fsp3) is 0.278. The summed E-state index contributed by atoms with van der Waals surface area (Å²) in [6.45, 7) is 0.963. The van der Waals surface area contributed by atoms with Crippen LogP contribution in [0.5, 0.6) is 11.5 Å². The fourth-order valence-electron chi connectivity index (χ4n) is 2.54. The van der Waals surface area contributed by atoms with Gasteiger partial charge in [0.25, 0.3) is 0 Å². The molecule has 138 valence electrons. The molecule has 1 amide bonds. The van der Waals surface area contributed by atoms with Crippen LogP contribution in [-0.2, 0) is 17.4 Å². The Labute approximate surface area is 152 Å². The molecule has 0 bridgehead atoms. The zero-order valence-corrected chi connectivity index (χ0v) is 14.3. The van der Waals surface area contributed by atoms with E-state index in [1.807, 2.05) is 6.07 Å². The number of hydrogen-bond donors (Lipinski definition) is 1. The number of carbonyl (C=O) groups excluding carboxylic acids is 1. The lowest BCUT2D eigenvalue weighted by atomic mass is 10.1. The highest BCUT2D eigenvalue weighted by Crippen LogP contribution is 2.36. The van der Waals surface area contributed by atoms with Crippen molar-refractivity contribution < 1.29 is 27.4 Å². The first-order valence-electron chi connectivity index (χ1n) is 7.88. The van der Waals surface area contributed by atoms with Gasteiger partial charge in [0, 0.05) is 12.1 Å². The normalized spacial score (nSPS) is 13.4. The topological polar surface area (TPSA) is 47.6 Å². The van der Waals surface area contributed by atoms with E-state index in [2.05, 4.69) is 5.32 Å². The average molecular weight is 386 g/mol. The van der Waals surface area contributed by atoms with Gasteiger partial charge in [-0.3, -0.25) is 4.79 Å². The molecule has 3 rings (SSSR count). The third kappa shape index (κ3) is 4.40. The molecule has 0 aliphatic carbocycles. The molecule has 8 heteroatoms. The summed E-state index contributed by atoms with van der Waals surface area (Å²) in [7, 11) is 0. The Bertz CT molecular complexity index is 824. The molecular formula is C18H15ClF3NO3. The van der Waals surface area contributed by atoms with Crippen LogP contribution >= 0.6 is 11.6 Å². The van der Waals surface area contributed by atoms with E-state index in [4.69, 9.17) is 21.1 Å². The average Bonchev–Trinajstić information content (AvgIpc) is 2.60. The minimum absolute atomic E-state index is 0.0499. The molecule has 1 N–H and O–H groups in total. The standard InChI is InChI=1S/C18H15ClF3NO3/c19-14-4-3-12(10-13(14)18(20,21)22)23-17(24)6-2-11-1-5-15-16(9-11)26-8-7-25-15/h1,3-5,9-10H,2,6-8H2,(H,23,24). The van der Waals surface area contributed by atoms with Gasteiger partial charge in [-0.15, -0.1) is 0 Å². The van der Waals surface area contributed by atoms with E-state index in [1.54, 1.807) is 12.1 Å². The maximum absolute atomic E-state index is 12.9.